The Kier molecular flexibility index (Phi) is 3.61. The first-order chi connectivity index (χ1) is 9.65. The predicted octanol–water partition coefficient (Wildman–Crippen LogP) is 4.93. The van der Waals surface area contributed by atoms with E-state index in [1.165, 1.54) is 10.1 Å². The van der Waals surface area contributed by atoms with Crippen molar-refractivity contribution in [2.45, 2.75) is 0 Å². The molecule has 3 aromatic rings. The molecule has 0 aliphatic rings. The Labute approximate surface area is 131 Å². The second-order valence-corrected chi connectivity index (χ2v) is 6.12. The topological polar surface area (TPSA) is 38.0 Å². The lowest BCUT2D eigenvalue weighted by Gasteiger charge is -2.12. The molecule has 1 aromatic heterocycles. The van der Waals surface area contributed by atoms with E-state index in [4.69, 9.17) is 29.6 Å². The van der Waals surface area contributed by atoms with Crippen LogP contribution in [0.25, 0.3) is 10.1 Å². The Bertz CT molecular complexity index is 795. The fourth-order valence-electron chi connectivity index (χ4n) is 2.08. The molecule has 0 fully saturated rings. The molecule has 0 atom stereocenters. The fraction of sp³-hybridized carbons (Fsp3) is 0. The Morgan fingerprint density at radius 3 is 2.85 bits per heavy atom. The summed E-state index contributed by atoms with van der Waals surface area (Å²) in [5, 5.41) is 7.17. The van der Waals surface area contributed by atoms with Crippen LogP contribution in [0.3, 0.4) is 0 Å². The number of thiophene rings is 1. The van der Waals surface area contributed by atoms with Crippen molar-refractivity contribution in [2.24, 2.45) is 5.73 Å². The zero-order chi connectivity index (χ0) is 14.1. The van der Waals surface area contributed by atoms with E-state index < -0.39 is 0 Å². The van der Waals surface area contributed by atoms with E-state index in [0.29, 0.717) is 10.6 Å². The number of hydrogen-bond acceptors (Lipinski definition) is 3. The first-order valence-electron chi connectivity index (χ1n) is 5.98. The molecule has 0 aliphatic carbocycles. The summed E-state index contributed by atoms with van der Waals surface area (Å²) in [5.74, 6) is 0. The highest BCUT2D eigenvalue weighted by atomic mass is 35.5. The third-order valence-electron chi connectivity index (χ3n) is 2.99. The lowest BCUT2D eigenvalue weighted by molar-refractivity contribution is 1.54. The Balaban J connectivity index is 2.02. The number of benzene rings is 2. The second-order valence-electron chi connectivity index (χ2n) is 4.32. The molecule has 0 saturated carbocycles. The van der Waals surface area contributed by atoms with E-state index in [1.807, 2.05) is 18.2 Å². The minimum atomic E-state index is 0.287. The highest BCUT2D eigenvalue weighted by Gasteiger charge is 2.10. The lowest BCUT2D eigenvalue weighted by atomic mass is 10.1. The molecule has 0 amide bonds. The zero-order valence-electron chi connectivity index (χ0n) is 10.4. The molecular formula is C15H11ClN2S2. The lowest BCUT2D eigenvalue weighted by Crippen LogP contribution is -2.12. The van der Waals surface area contributed by atoms with Gasteiger partial charge in [-0.15, -0.1) is 11.3 Å². The van der Waals surface area contributed by atoms with Crippen molar-refractivity contribution >= 4 is 61.6 Å². The average molecular weight is 319 g/mol. The van der Waals surface area contributed by atoms with Crippen LogP contribution >= 0.6 is 35.2 Å². The van der Waals surface area contributed by atoms with Gasteiger partial charge in [-0.3, -0.25) is 0 Å². The summed E-state index contributed by atoms with van der Waals surface area (Å²) in [5.41, 5.74) is 8.23. The van der Waals surface area contributed by atoms with Gasteiger partial charge >= 0.3 is 0 Å². The molecular weight excluding hydrogens is 308 g/mol. The van der Waals surface area contributed by atoms with Crippen molar-refractivity contribution in [3.63, 3.8) is 0 Å². The summed E-state index contributed by atoms with van der Waals surface area (Å²) >= 11 is 13.0. The number of rotatable bonds is 3. The molecule has 100 valence electrons. The van der Waals surface area contributed by atoms with Crippen molar-refractivity contribution in [1.82, 2.24) is 0 Å². The van der Waals surface area contributed by atoms with Crippen molar-refractivity contribution in [2.75, 3.05) is 5.32 Å². The molecule has 20 heavy (non-hydrogen) atoms. The van der Waals surface area contributed by atoms with Gasteiger partial charge in [0.2, 0.25) is 0 Å². The van der Waals surface area contributed by atoms with Gasteiger partial charge in [-0.2, -0.15) is 0 Å². The fourth-order valence-corrected chi connectivity index (χ4v) is 3.40. The number of hydrogen-bond donors (Lipinski definition) is 2. The SMILES string of the molecule is NC(=S)c1c(Cl)cccc1Nc1ccc2sccc2c1. The highest BCUT2D eigenvalue weighted by molar-refractivity contribution is 7.80. The molecule has 0 aliphatic heterocycles. The maximum atomic E-state index is 6.16. The van der Waals surface area contributed by atoms with Gasteiger partial charge in [-0.25, -0.2) is 0 Å². The number of nitrogens with one attached hydrogen (secondary N) is 1. The van der Waals surface area contributed by atoms with Gasteiger partial charge in [0.1, 0.15) is 4.99 Å². The van der Waals surface area contributed by atoms with Gasteiger partial charge in [0.25, 0.3) is 0 Å². The molecule has 2 nitrogen and oxygen atoms in total. The maximum absolute atomic E-state index is 6.16. The van der Waals surface area contributed by atoms with Crippen LogP contribution in [-0.2, 0) is 0 Å². The predicted molar refractivity (Wildman–Crippen MR) is 92.4 cm³/mol. The quantitative estimate of drug-likeness (QED) is 0.672. The molecule has 1 heterocycles. The van der Waals surface area contributed by atoms with Crippen LogP contribution in [0.15, 0.2) is 47.8 Å². The minimum absolute atomic E-state index is 0.287. The largest absolute Gasteiger partial charge is 0.389 e. The van der Waals surface area contributed by atoms with Crippen molar-refractivity contribution in [3.8, 4) is 0 Å². The molecule has 5 heteroatoms. The monoisotopic (exact) mass is 318 g/mol. The van der Waals surface area contributed by atoms with Crippen LogP contribution in [0, 0.1) is 0 Å². The Morgan fingerprint density at radius 1 is 1.20 bits per heavy atom. The van der Waals surface area contributed by atoms with E-state index in [0.717, 1.165) is 11.4 Å². The van der Waals surface area contributed by atoms with Crippen LogP contribution in [0.5, 0.6) is 0 Å². The first kappa shape index (κ1) is 13.4. The highest BCUT2D eigenvalue weighted by Crippen LogP contribution is 2.29. The third kappa shape index (κ3) is 2.50. The summed E-state index contributed by atoms with van der Waals surface area (Å²) < 4.78 is 1.26. The summed E-state index contributed by atoms with van der Waals surface area (Å²) in [4.78, 5) is 0.287. The zero-order valence-corrected chi connectivity index (χ0v) is 12.8. The summed E-state index contributed by atoms with van der Waals surface area (Å²) in [6, 6.07) is 13.9. The number of halogens is 1. The average Bonchev–Trinajstić information content (AvgIpc) is 2.85. The standard InChI is InChI=1S/C15H11ClN2S2/c16-11-2-1-3-12(14(11)15(17)19)18-10-4-5-13-9(8-10)6-7-20-13/h1-8,18H,(H2,17,19). The number of fused-ring (bicyclic) bond motifs is 1. The minimum Gasteiger partial charge on any atom is -0.389 e. The van der Waals surface area contributed by atoms with E-state index in [9.17, 15) is 0 Å². The van der Waals surface area contributed by atoms with E-state index in [-0.39, 0.29) is 4.99 Å². The van der Waals surface area contributed by atoms with Crippen molar-refractivity contribution < 1.29 is 0 Å². The van der Waals surface area contributed by atoms with Gasteiger partial charge in [-0.05, 0) is 47.2 Å². The van der Waals surface area contributed by atoms with E-state index >= 15 is 0 Å². The van der Waals surface area contributed by atoms with Gasteiger partial charge in [0.15, 0.2) is 0 Å². The van der Waals surface area contributed by atoms with E-state index in [1.54, 1.807) is 17.4 Å². The molecule has 0 spiro atoms. The molecule has 0 unspecified atom stereocenters. The summed E-state index contributed by atoms with van der Waals surface area (Å²) in [7, 11) is 0. The molecule has 3 rings (SSSR count). The number of anilines is 2. The summed E-state index contributed by atoms with van der Waals surface area (Å²) in [6.07, 6.45) is 0. The van der Waals surface area contributed by atoms with Gasteiger partial charge in [0, 0.05) is 10.4 Å². The van der Waals surface area contributed by atoms with Crippen LogP contribution in [0.2, 0.25) is 5.02 Å². The van der Waals surface area contributed by atoms with Crippen molar-refractivity contribution in [1.29, 1.82) is 0 Å². The van der Waals surface area contributed by atoms with Gasteiger partial charge in [0.05, 0.1) is 16.3 Å². The molecule has 0 radical (unpaired) electrons. The van der Waals surface area contributed by atoms with Crippen LogP contribution < -0.4 is 11.1 Å². The molecule has 0 bridgehead atoms. The summed E-state index contributed by atoms with van der Waals surface area (Å²) in [6.45, 7) is 0. The normalized spacial score (nSPS) is 10.7. The molecule has 3 N–H and O–H groups in total. The van der Waals surface area contributed by atoms with Gasteiger partial charge in [-0.1, -0.05) is 29.9 Å². The number of thiocarbonyl (C=S) groups is 1. The van der Waals surface area contributed by atoms with Gasteiger partial charge < -0.3 is 11.1 Å². The first-order valence-corrected chi connectivity index (χ1v) is 7.64. The molecule has 0 saturated heterocycles. The molecule has 2 aromatic carbocycles. The smallest absolute Gasteiger partial charge is 0.107 e. The number of nitrogens with two attached hydrogens (primary N) is 1. The third-order valence-corrected chi connectivity index (χ3v) is 4.41. The Hall–Kier alpha value is -1.62. The van der Waals surface area contributed by atoms with Crippen molar-refractivity contribution in [3.05, 3.63) is 58.4 Å². The second kappa shape index (κ2) is 5.40. The van der Waals surface area contributed by atoms with Crippen LogP contribution in [-0.4, -0.2) is 4.99 Å². The van der Waals surface area contributed by atoms with Crippen LogP contribution in [0.4, 0.5) is 11.4 Å². The van der Waals surface area contributed by atoms with Crippen LogP contribution in [0.1, 0.15) is 5.56 Å². The maximum Gasteiger partial charge on any atom is 0.107 e. The van der Waals surface area contributed by atoms with E-state index in [2.05, 4.69) is 28.9 Å². The Morgan fingerprint density at radius 2 is 2.05 bits per heavy atom.